The summed E-state index contributed by atoms with van der Waals surface area (Å²) in [5.41, 5.74) is -3.42. The Bertz CT molecular complexity index is 1020. The van der Waals surface area contributed by atoms with Crippen LogP contribution in [0.1, 0.15) is 98.8 Å². The fourth-order valence-electron chi connectivity index (χ4n) is 10.4. The molecule has 0 aromatic heterocycles. The van der Waals surface area contributed by atoms with Crippen molar-refractivity contribution in [1.29, 1.82) is 0 Å². The van der Waals surface area contributed by atoms with Crippen molar-refractivity contribution in [3.63, 3.8) is 0 Å². The summed E-state index contributed by atoms with van der Waals surface area (Å²) < 4.78 is 11.7. The molecule has 15 atom stereocenters. The fraction of sp³-hybridized carbons (Fsp3) is 0.970. The van der Waals surface area contributed by atoms with Crippen LogP contribution in [0.25, 0.3) is 0 Å². The van der Waals surface area contributed by atoms with Crippen molar-refractivity contribution in [3.05, 3.63) is 0 Å². The van der Waals surface area contributed by atoms with Gasteiger partial charge in [0.2, 0.25) is 0 Å². The van der Waals surface area contributed by atoms with Crippen molar-refractivity contribution >= 4 is 5.78 Å². The number of hydrogen-bond donors (Lipinski definition) is 7. The van der Waals surface area contributed by atoms with Crippen LogP contribution in [0, 0.1) is 40.4 Å². The van der Waals surface area contributed by atoms with Gasteiger partial charge in [0.15, 0.2) is 6.29 Å². The third kappa shape index (κ3) is 5.34. The number of aliphatic hydroxyl groups is 7. The summed E-state index contributed by atoms with van der Waals surface area (Å²) in [6, 6.07) is 0. The molecule has 5 rings (SSSR count). The molecule has 0 radical (unpaired) electrons. The number of aliphatic hydroxyl groups excluding tert-OH is 5. The van der Waals surface area contributed by atoms with E-state index in [2.05, 4.69) is 27.7 Å². The predicted octanol–water partition coefficient (Wildman–Crippen LogP) is 1.67. The first-order valence-corrected chi connectivity index (χ1v) is 16.6. The Labute approximate surface area is 255 Å². The molecule has 0 aromatic carbocycles. The molecule has 0 aromatic rings. The lowest BCUT2D eigenvalue weighted by Crippen LogP contribution is -2.66. The molecule has 10 heteroatoms. The summed E-state index contributed by atoms with van der Waals surface area (Å²) in [6.07, 6.45) is -2.10. The largest absolute Gasteiger partial charge is 0.394 e. The zero-order valence-electron chi connectivity index (χ0n) is 26.6. The first kappa shape index (κ1) is 33.7. The van der Waals surface area contributed by atoms with Gasteiger partial charge < -0.3 is 45.2 Å². The maximum Gasteiger partial charge on any atom is 0.186 e. The van der Waals surface area contributed by atoms with Gasteiger partial charge >= 0.3 is 0 Å². The molecule has 5 fully saturated rings. The van der Waals surface area contributed by atoms with Crippen LogP contribution >= 0.6 is 0 Å². The zero-order valence-corrected chi connectivity index (χ0v) is 26.6. The van der Waals surface area contributed by atoms with Crippen LogP contribution < -0.4 is 0 Å². The van der Waals surface area contributed by atoms with Crippen LogP contribution in [0.2, 0.25) is 0 Å². The van der Waals surface area contributed by atoms with Crippen molar-refractivity contribution in [3.8, 4) is 0 Å². The van der Waals surface area contributed by atoms with E-state index in [4.69, 9.17) is 9.47 Å². The molecule has 4 aliphatic carbocycles. The molecular formula is C33H56O10. The van der Waals surface area contributed by atoms with E-state index in [1.165, 1.54) is 0 Å². The van der Waals surface area contributed by atoms with Crippen LogP contribution in [-0.2, 0) is 14.3 Å². The van der Waals surface area contributed by atoms with Crippen LogP contribution in [0.3, 0.4) is 0 Å². The van der Waals surface area contributed by atoms with E-state index in [1.807, 2.05) is 0 Å². The van der Waals surface area contributed by atoms with E-state index >= 15 is 0 Å². The van der Waals surface area contributed by atoms with Gasteiger partial charge in [-0.2, -0.15) is 0 Å². The van der Waals surface area contributed by atoms with E-state index in [-0.39, 0.29) is 41.3 Å². The van der Waals surface area contributed by atoms with Gasteiger partial charge in [0.05, 0.1) is 30.0 Å². The molecule has 4 saturated carbocycles. The second-order valence-electron chi connectivity index (χ2n) is 15.9. The van der Waals surface area contributed by atoms with E-state index in [0.717, 1.165) is 12.8 Å². The molecule has 0 amide bonds. The second-order valence-corrected chi connectivity index (χ2v) is 15.9. The van der Waals surface area contributed by atoms with E-state index in [9.17, 15) is 40.5 Å². The van der Waals surface area contributed by atoms with Gasteiger partial charge in [-0.15, -0.1) is 0 Å². The van der Waals surface area contributed by atoms with Crippen molar-refractivity contribution in [1.82, 2.24) is 0 Å². The average molecular weight is 613 g/mol. The monoisotopic (exact) mass is 612 g/mol. The second kappa shape index (κ2) is 11.8. The lowest BCUT2D eigenvalue weighted by molar-refractivity contribution is -0.316. The third-order valence-corrected chi connectivity index (χ3v) is 13.2. The van der Waals surface area contributed by atoms with Gasteiger partial charge in [0.1, 0.15) is 30.2 Å². The molecule has 5 aliphatic rings. The minimum atomic E-state index is -1.52. The summed E-state index contributed by atoms with van der Waals surface area (Å²) in [6.45, 7) is 9.62. The Morgan fingerprint density at radius 1 is 1.00 bits per heavy atom. The summed E-state index contributed by atoms with van der Waals surface area (Å²) in [7, 11) is 0. The zero-order chi connectivity index (χ0) is 31.7. The molecule has 7 N–H and O–H groups in total. The van der Waals surface area contributed by atoms with E-state index in [1.54, 1.807) is 6.92 Å². The minimum Gasteiger partial charge on any atom is -0.394 e. The number of carbonyl (C=O) groups excluding carboxylic acids is 1. The maximum atomic E-state index is 13.9. The van der Waals surface area contributed by atoms with Gasteiger partial charge in [-0.3, -0.25) is 4.79 Å². The molecule has 248 valence electrons. The Morgan fingerprint density at radius 3 is 2.35 bits per heavy atom. The molecule has 0 spiro atoms. The summed E-state index contributed by atoms with van der Waals surface area (Å²) in [5, 5.41) is 75.7. The van der Waals surface area contributed by atoms with E-state index < -0.39 is 66.1 Å². The number of carbonyl (C=O) groups is 1. The minimum absolute atomic E-state index is 0.0932. The highest BCUT2D eigenvalue weighted by Crippen LogP contribution is 2.70. The van der Waals surface area contributed by atoms with Gasteiger partial charge in [-0.1, -0.05) is 27.7 Å². The first-order valence-electron chi connectivity index (χ1n) is 16.6. The van der Waals surface area contributed by atoms with Crippen molar-refractivity contribution < 1.29 is 50.0 Å². The highest BCUT2D eigenvalue weighted by Gasteiger charge is 2.71. The number of hydrogen-bond acceptors (Lipinski definition) is 10. The summed E-state index contributed by atoms with van der Waals surface area (Å²) >= 11 is 0. The lowest BCUT2D eigenvalue weighted by Gasteiger charge is -2.63. The number of fused-ring (bicyclic) bond motifs is 5. The summed E-state index contributed by atoms with van der Waals surface area (Å²) in [4.78, 5) is 13.9. The SMILES string of the molecule is CC(C)CCC(O)[C@](C)(O)[C@H]1CC[C@@]2(O)[C@@H]3CC(=O)C4CC(O[C@@H]5O[C@H](CO)[C@@H](O)[C@H](O)[C@H]5O)CC[C@]4(C)[C@H]3CC[C@]12C. The van der Waals surface area contributed by atoms with E-state index in [0.29, 0.717) is 50.9 Å². The predicted molar refractivity (Wildman–Crippen MR) is 156 cm³/mol. The Kier molecular flexibility index (Phi) is 9.27. The van der Waals surface area contributed by atoms with Crippen molar-refractivity contribution in [2.45, 2.75) is 153 Å². The van der Waals surface area contributed by atoms with Gasteiger partial charge in [0.25, 0.3) is 0 Å². The Morgan fingerprint density at radius 2 is 1.70 bits per heavy atom. The maximum absolute atomic E-state index is 13.9. The Balaban J connectivity index is 1.31. The van der Waals surface area contributed by atoms with Crippen LogP contribution in [0.5, 0.6) is 0 Å². The molecule has 0 bridgehead atoms. The average Bonchev–Trinajstić information content (AvgIpc) is 3.24. The number of ether oxygens (including phenoxy) is 2. The Hall–Kier alpha value is -0.690. The van der Waals surface area contributed by atoms with Crippen LogP contribution in [-0.4, -0.2) is 102 Å². The highest BCUT2D eigenvalue weighted by molar-refractivity contribution is 5.83. The molecule has 1 heterocycles. The standard InChI is InChI=1S/C33H56O10/c1-17(2)6-7-25(36)32(5,40)24-10-13-33(41)20-15-22(35)21-14-18(8-11-30(21,3)19(20)9-12-31(24,33)4)42-29-28(39)27(38)26(37)23(16-34)43-29/h17-21,23-29,34,36-41H,6-16H2,1-5H3/t18?,19-,20+,21?,23+,24-,25?,26+,27-,28+,29+,30+,31+,32+,33+/m0/s1. The quantitative estimate of drug-likeness (QED) is 0.200. The number of rotatable bonds is 8. The number of Topliss-reactive ketones (excluding diaryl/α,β-unsaturated/α-hetero) is 1. The molecular weight excluding hydrogens is 556 g/mol. The van der Waals surface area contributed by atoms with Gasteiger partial charge in [-0.25, -0.2) is 0 Å². The smallest absolute Gasteiger partial charge is 0.186 e. The summed E-state index contributed by atoms with van der Waals surface area (Å²) in [5.74, 6) is -0.167. The molecule has 43 heavy (non-hydrogen) atoms. The topological polar surface area (TPSA) is 177 Å². The van der Waals surface area contributed by atoms with Crippen LogP contribution in [0.15, 0.2) is 0 Å². The molecule has 1 saturated heterocycles. The van der Waals surface area contributed by atoms with Gasteiger partial charge in [0, 0.05) is 17.8 Å². The highest BCUT2D eigenvalue weighted by atomic mass is 16.7. The van der Waals surface area contributed by atoms with Crippen LogP contribution in [0.4, 0.5) is 0 Å². The van der Waals surface area contributed by atoms with Gasteiger partial charge in [-0.05, 0) is 93.8 Å². The molecule has 10 nitrogen and oxygen atoms in total. The molecule has 1 aliphatic heterocycles. The number of ketones is 1. The lowest BCUT2D eigenvalue weighted by atomic mass is 9.42. The van der Waals surface area contributed by atoms with Crippen molar-refractivity contribution in [2.24, 2.45) is 40.4 Å². The molecule has 3 unspecified atom stereocenters. The third-order valence-electron chi connectivity index (χ3n) is 13.2. The van der Waals surface area contributed by atoms with Crippen molar-refractivity contribution in [2.75, 3.05) is 6.61 Å². The first-order chi connectivity index (χ1) is 20.0. The normalized spacial score (nSPS) is 50.5. The fourth-order valence-corrected chi connectivity index (χ4v) is 10.4.